The summed E-state index contributed by atoms with van der Waals surface area (Å²) < 4.78 is 26.7. The van der Waals surface area contributed by atoms with Crippen molar-refractivity contribution in [2.24, 2.45) is 34.5 Å². The summed E-state index contributed by atoms with van der Waals surface area (Å²) >= 11 is 0. The first-order valence-electron chi connectivity index (χ1n) is 12.2. The Morgan fingerprint density at radius 2 is 2.03 bits per heavy atom. The lowest BCUT2D eigenvalue weighted by Crippen LogP contribution is -2.64. The molecular weight excluding hydrogens is 455 g/mol. The molecule has 3 unspecified atom stereocenters. The number of aliphatic hydroxyl groups excluding tert-OH is 2. The highest BCUT2D eigenvalue weighted by Crippen LogP contribution is 2.69. The van der Waals surface area contributed by atoms with Gasteiger partial charge in [-0.1, -0.05) is 26.8 Å². The fourth-order valence-corrected chi connectivity index (χ4v) is 8.23. The number of fused-ring (bicyclic) bond motifs is 5. The molecule has 3 saturated carbocycles. The van der Waals surface area contributed by atoms with Crippen LogP contribution in [0.4, 0.5) is 4.39 Å². The summed E-state index contributed by atoms with van der Waals surface area (Å²) in [6, 6.07) is 2.97. The van der Waals surface area contributed by atoms with Gasteiger partial charge in [-0.05, 0) is 61.0 Å². The van der Waals surface area contributed by atoms with Crippen LogP contribution >= 0.6 is 0 Å². The van der Waals surface area contributed by atoms with Crippen LogP contribution in [0.15, 0.2) is 46.6 Å². The molecule has 1 aromatic rings. The predicted molar refractivity (Wildman–Crippen MR) is 122 cm³/mol. The molecule has 4 aliphatic carbocycles. The number of allylic oxidation sites excluding steroid dienone is 4. The van der Waals surface area contributed by atoms with Crippen LogP contribution in [-0.2, 0) is 14.3 Å². The molecule has 0 radical (unpaired) electrons. The van der Waals surface area contributed by atoms with E-state index in [1.165, 1.54) is 30.5 Å². The summed E-state index contributed by atoms with van der Waals surface area (Å²) in [5, 5.41) is 21.5. The summed E-state index contributed by atoms with van der Waals surface area (Å²) in [6.45, 7) is 4.64. The lowest BCUT2D eigenvalue weighted by molar-refractivity contribution is -0.187. The van der Waals surface area contributed by atoms with E-state index in [2.05, 4.69) is 0 Å². The van der Waals surface area contributed by atoms with E-state index >= 15 is 4.39 Å². The maximum absolute atomic E-state index is 15.6. The number of ether oxygens (including phenoxy) is 1. The van der Waals surface area contributed by atoms with Crippen molar-refractivity contribution in [1.29, 1.82) is 0 Å². The van der Waals surface area contributed by atoms with Crippen molar-refractivity contribution < 1.29 is 38.1 Å². The normalized spacial score (nSPS) is 44.2. The Labute approximate surface area is 203 Å². The number of carbonyl (C=O) groups excluding carboxylic acids is 3. The lowest BCUT2D eigenvalue weighted by atomic mass is 9.46. The molecule has 0 aliphatic heterocycles. The molecule has 0 aromatic carbocycles. The first-order chi connectivity index (χ1) is 16.5. The highest BCUT2D eigenvalue weighted by molar-refractivity contribution is 6.01. The third kappa shape index (κ3) is 3.12. The standard InChI is InChI=1S/C27H31FO7/c1-14-9-17-16-11-19(28)18-10-15(30)6-7-25(18,2)23(16)20(31)12-26(17,3)27(14,22(32)13-29)35-24(33)21-5-4-8-34-21/h4-8,10,14,16-17,19-20,23,29,31H,9,11-13H2,1-3H3/t14?,16-,17-,19?,20?,23+,25-,26-,27-/m0/s1. The van der Waals surface area contributed by atoms with Gasteiger partial charge in [0.25, 0.3) is 0 Å². The van der Waals surface area contributed by atoms with Crippen molar-refractivity contribution in [2.75, 3.05) is 6.61 Å². The van der Waals surface area contributed by atoms with E-state index in [1.807, 2.05) is 13.8 Å². The highest BCUT2D eigenvalue weighted by atomic mass is 19.1. The van der Waals surface area contributed by atoms with Crippen LogP contribution in [0, 0.1) is 34.5 Å². The zero-order valence-corrected chi connectivity index (χ0v) is 20.1. The Morgan fingerprint density at radius 3 is 2.69 bits per heavy atom. The molecule has 0 amide bonds. The molecule has 4 aliphatic rings. The van der Waals surface area contributed by atoms with Gasteiger partial charge >= 0.3 is 5.97 Å². The van der Waals surface area contributed by atoms with Gasteiger partial charge in [0.15, 0.2) is 11.4 Å². The van der Waals surface area contributed by atoms with Gasteiger partial charge in [-0.2, -0.15) is 0 Å². The van der Waals surface area contributed by atoms with Crippen molar-refractivity contribution in [3.63, 3.8) is 0 Å². The monoisotopic (exact) mass is 486 g/mol. The molecule has 8 heteroatoms. The number of hydrogen-bond donors (Lipinski definition) is 2. The van der Waals surface area contributed by atoms with Crippen molar-refractivity contribution in [3.8, 4) is 0 Å². The second-order valence-electron chi connectivity index (χ2n) is 11.1. The maximum atomic E-state index is 15.6. The van der Waals surface area contributed by atoms with E-state index in [9.17, 15) is 24.6 Å². The summed E-state index contributed by atoms with van der Waals surface area (Å²) in [6.07, 6.45) is 4.20. The number of rotatable bonds is 4. The molecule has 0 saturated heterocycles. The number of esters is 1. The average molecular weight is 487 g/mol. The number of halogens is 1. The van der Waals surface area contributed by atoms with E-state index in [1.54, 1.807) is 13.0 Å². The van der Waals surface area contributed by atoms with Gasteiger partial charge in [-0.3, -0.25) is 9.59 Å². The second kappa shape index (κ2) is 7.96. The topological polar surface area (TPSA) is 114 Å². The van der Waals surface area contributed by atoms with E-state index in [0.717, 1.165) is 0 Å². The minimum Gasteiger partial charge on any atom is -0.457 e. The lowest BCUT2D eigenvalue weighted by Gasteiger charge is -2.60. The van der Waals surface area contributed by atoms with Crippen LogP contribution in [0.3, 0.4) is 0 Å². The number of carbonyl (C=O) groups is 3. The zero-order valence-electron chi connectivity index (χ0n) is 20.1. The van der Waals surface area contributed by atoms with Crippen LogP contribution < -0.4 is 0 Å². The Morgan fingerprint density at radius 1 is 1.29 bits per heavy atom. The molecule has 1 aromatic heterocycles. The third-order valence-electron chi connectivity index (χ3n) is 9.55. The zero-order chi connectivity index (χ0) is 25.3. The molecular formula is C27H31FO7. The van der Waals surface area contributed by atoms with Gasteiger partial charge in [0.2, 0.25) is 11.5 Å². The van der Waals surface area contributed by atoms with Crippen molar-refractivity contribution in [2.45, 2.75) is 57.9 Å². The average Bonchev–Trinajstić information content (AvgIpc) is 3.41. The summed E-state index contributed by atoms with van der Waals surface area (Å²) in [5.41, 5.74) is -3.19. The van der Waals surface area contributed by atoms with E-state index < -0.39 is 53.0 Å². The minimum atomic E-state index is -1.70. The maximum Gasteiger partial charge on any atom is 0.375 e. The van der Waals surface area contributed by atoms with Gasteiger partial charge in [0.1, 0.15) is 12.8 Å². The molecule has 2 N–H and O–H groups in total. The largest absolute Gasteiger partial charge is 0.457 e. The van der Waals surface area contributed by atoms with Crippen LogP contribution in [0.2, 0.25) is 0 Å². The molecule has 9 atom stereocenters. The fraction of sp³-hybridized carbons (Fsp3) is 0.593. The van der Waals surface area contributed by atoms with Crippen molar-refractivity contribution in [3.05, 3.63) is 48.0 Å². The molecule has 7 nitrogen and oxygen atoms in total. The Kier molecular flexibility index (Phi) is 5.49. The SMILES string of the molecule is CC1C[C@H]2[C@@H]3CC(F)C4=CC(=O)C=C[C@]4(C)[C@H]3C(O)C[C@]2(C)[C@@]1(OC(=O)c1ccco1)C(=O)CO. The summed E-state index contributed by atoms with van der Waals surface area (Å²) in [4.78, 5) is 38.4. The number of Topliss-reactive ketones (excluding diaryl/α,β-unsaturated/α-hetero) is 1. The Hall–Kier alpha value is -2.58. The van der Waals surface area contributed by atoms with Crippen LogP contribution in [0.1, 0.15) is 50.6 Å². The number of aliphatic hydroxyl groups is 2. The Bertz CT molecular complexity index is 1120. The Balaban J connectivity index is 1.60. The number of ketones is 2. The van der Waals surface area contributed by atoms with Crippen molar-refractivity contribution in [1.82, 2.24) is 0 Å². The molecule has 3 fully saturated rings. The van der Waals surface area contributed by atoms with Gasteiger partial charge in [0.05, 0.1) is 12.4 Å². The first-order valence-corrected chi connectivity index (χ1v) is 12.2. The number of hydrogen-bond acceptors (Lipinski definition) is 7. The third-order valence-corrected chi connectivity index (χ3v) is 9.55. The predicted octanol–water partition coefficient (Wildman–Crippen LogP) is 3.21. The van der Waals surface area contributed by atoms with Gasteiger partial charge in [-0.15, -0.1) is 0 Å². The quantitative estimate of drug-likeness (QED) is 0.628. The molecule has 0 bridgehead atoms. The highest BCUT2D eigenvalue weighted by Gasteiger charge is 2.73. The van der Waals surface area contributed by atoms with Gasteiger partial charge < -0.3 is 19.4 Å². The summed E-state index contributed by atoms with van der Waals surface area (Å²) in [7, 11) is 0. The van der Waals surface area contributed by atoms with Crippen molar-refractivity contribution >= 4 is 17.5 Å². The summed E-state index contributed by atoms with van der Waals surface area (Å²) in [5.74, 6) is -3.21. The van der Waals surface area contributed by atoms with E-state index in [4.69, 9.17) is 9.15 Å². The molecule has 1 heterocycles. The fourth-order valence-electron chi connectivity index (χ4n) is 8.23. The van der Waals surface area contributed by atoms with Crippen LogP contribution in [0.25, 0.3) is 0 Å². The smallest absolute Gasteiger partial charge is 0.375 e. The molecule has 188 valence electrons. The van der Waals surface area contributed by atoms with E-state index in [0.29, 0.717) is 12.0 Å². The number of furan rings is 1. The van der Waals surface area contributed by atoms with Gasteiger partial charge in [0, 0.05) is 22.7 Å². The number of alkyl halides is 1. The second-order valence-corrected chi connectivity index (χ2v) is 11.1. The van der Waals surface area contributed by atoms with Crippen LogP contribution in [0.5, 0.6) is 0 Å². The van der Waals surface area contributed by atoms with Crippen LogP contribution in [-0.4, -0.2) is 52.2 Å². The first kappa shape index (κ1) is 24.1. The minimum absolute atomic E-state index is 0.0654. The van der Waals surface area contributed by atoms with Gasteiger partial charge in [-0.25, -0.2) is 9.18 Å². The van der Waals surface area contributed by atoms with E-state index in [-0.39, 0.29) is 42.1 Å². The molecule has 0 spiro atoms. The molecule has 5 rings (SSSR count). The molecule has 35 heavy (non-hydrogen) atoms.